The van der Waals surface area contributed by atoms with E-state index in [2.05, 4.69) is 30.1 Å². The lowest BCUT2D eigenvalue weighted by Crippen LogP contribution is -2.34. The summed E-state index contributed by atoms with van der Waals surface area (Å²) >= 11 is 0. The Balaban J connectivity index is 1.19. The number of hydrogen-bond donors (Lipinski definition) is 1. The number of benzene rings is 1. The quantitative estimate of drug-likeness (QED) is 0.316. The van der Waals surface area contributed by atoms with Crippen LogP contribution in [0.3, 0.4) is 0 Å². The fourth-order valence-electron chi connectivity index (χ4n) is 5.04. The number of aromatic nitrogens is 5. The number of nitrogens with zero attached hydrogens (tertiary/aromatic N) is 7. The van der Waals surface area contributed by atoms with Gasteiger partial charge < -0.3 is 19.5 Å². The van der Waals surface area contributed by atoms with Gasteiger partial charge in [0.25, 0.3) is 0 Å². The van der Waals surface area contributed by atoms with Gasteiger partial charge in [-0.25, -0.2) is 28.7 Å². The molecule has 3 aromatic heterocycles. The van der Waals surface area contributed by atoms with E-state index in [4.69, 9.17) is 9.72 Å². The van der Waals surface area contributed by atoms with Crippen LogP contribution < -0.4 is 5.32 Å². The summed E-state index contributed by atoms with van der Waals surface area (Å²) in [5.41, 5.74) is 3.48. The molecule has 0 radical (unpaired) electrons. The summed E-state index contributed by atoms with van der Waals surface area (Å²) in [6.07, 6.45) is 3.96. The molecule has 1 aromatic carbocycles. The van der Waals surface area contributed by atoms with Crippen molar-refractivity contribution < 1.29 is 13.5 Å². The third-order valence-corrected chi connectivity index (χ3v) is 7.18. The molecule has 0 saturated heterocycles. The van der Waals surface area contributed by atoms with Gasteiger partial charge in [-0.2, -0.15) is 0 Å². The predicted octanol–water partition coefficient (Wildman–Crippen LogP) is 4.45. The van der Waals surface area contributed by atoms with Crippen LogP contribution in [0.25, 0.3) is 22.3 Å². The molecule has 39 heavy (non-hydrogen) atoms. The lowest BCUT2D eigenvalue weighted by atomic mass is 10.1. The Bertz CT molecular complexity index is 1520. The lowest BCUT2D eigenvalue weighted by Gasteiger charge is -2.28. The number of nitrogens with one attached hydrogen (secondary N) is 1. The Labute approximate surface area is 225 Å². The highest BCUT2D eigenvalue weighted by atomic mass is 19.1. The molecule has 204 valence electrons. The first-order valence-corrected chi connectivity index (χ1v) is 13.3. The van der Waals surface area contributed by atoms with Crippen molar-refractivity contribution in [2.45, 2.75) is 38.8 Å². The van der Waals surface area contributed by atoms with E-state index in [1.807, 2.05) is 37.7 Å². The van der Waals surface area contributed by atoms with E-state index in [0.717, 1.165) is 62.2 Å². The van der Waals surface area contributed by atoms with Crippen molar-refractivity contribution >= 4 is 22.8 Å². The molecule has 1 N–H and O–H groups in total. The van der Waals surface area contributed by atoms with Crippen molar-refractivity contribution in [1.82, 2.24) is 34.3 Å². The SMILES string of the molecule is Cc1nc2c(F)cc(-c3nc(Nc4ccc5c(n4)CCN(COCCN(C)C)C5)ncc3F)cc2n1C1CC1. The highest BCUT2D eigenvalue weighted by Gasteiger charge is 2.28. The zero-order valence-electron chi connectivity index (χ0n) is 22.4. The molecule has 0 bridgehead atoms. The Morgan fingerprint density at radius 2 is 1.95 bits per heavy atom. The number of aryl methyl sites for hydroxylation is 1. The van der Waals surface area contributed by atoms with Crippen molar-refractivity contribution in [3.63, 3.8) is 0 Å². The third-order valence-electron chi connectivity index (χ3n) is 7.18. The standard InChI is InChI=1S/C28H32F2N8O/c1-17-32-27-21(29)12-19(13-24(27)38(17)20-5-6-20)26-22(30)14-31-28(35-26)34-25-7-4-18-15-37(9-8-23(18)33-25)16-39-11-10-36(2)3/h4,7,12-14,20H,5-6,8-11,15-16H2,1-3H3,(H,31,33,34,35). The minimum absolute atomic E-state index is 0.0253. The summed E-state index contributed by atoms with van der Waals surface area (Å²) in [4.78, 5) is 22.0. The topological polar surface area (TPSA) is 84.2 Å². The smallest absolute Gasteiger partial charge is 0.229 e. The maximum atomic E-state index is 15.0. The van der Waals surface area contributed by atoms with Gasteiger partial charge in [-0.15, -0.1) is 0 Å². The minimum Gasteiger partial charge on any atom is -0.365 e. The number of rotatable bonds is 9. The van der Waals surface area contributed by atoms with Gasteiger partial charge in [-0.1, -0.05) is 6.07 Å². The van der Waals surface area contributed by atoms with E-state index in [0.29, 0.717) is 41.8 Å². The summed E-state index contributed by atoms with van der Waals surface area (Å²) in [6, 6.07) is 7.26. The number of fused-ring (bicyclic) bond motifs is 2. The zero-order chi connectivity index (χ0) is 27.1. The van der Waals surface area contributed by atoms with Crippen LogP contribution in [0.15, 0.2) is 30.5 Å². The fraction of sp³-hybridized carbons (Fsp3) is 0.429. The van der Waals surface area contributed by atoms with Crippen molar-refractivity contribution in [3.05, 3.63) is 59.2 Å². The molecule has 1 aliphatic carbocycles. The molecular formula is C28H32F2N8O. The maximum absolute atomic E-state index is 15.0. The van der Waals surface area contributed by atoms with Crippen LogP contribution in [0.4, 0.5) is 20.5 Å². The highest BCUT2D eigenvalue weighted by Crippen LogP contribution is 2.40. The molecule has 6 rings (SSSR count). The number of halogens is 2. The van der Waals surface area contributed by atoms with Crippen LogP contribution in [-0.2, 0) is 17.7 Å². The first-order chi connectivity index (χ1) is 18.9. The van der Waals surface area contributed by atoms with Crippen LogP contribution in [0.1, 0.15) is 36.0 Å². The molecule has 0 atom stereocenters. The van der Waals surface area contributed by atoms with E-state index < -0.39 is 11.6 Å². The van der Waals surface area contributed by atoms with Gasteiger partial charge in [0, 0.05) is 43.4 Å². The second kappa shape index (κ2) is 10.6. The molecular weight excluding hydrogens is 502 g/mol. The largest absolute Gasteiger partial charge is 0.365 e. The molecule has 4 aromatic rings. The number of likely N-dealkylation sites (N-methyl/N-ethyl adjacent to an activating group) is 1. The van der Waals surface area contributed by atoms with Crippen molar-refractivity contribution in [3.8, 4) is 11.3 Å². The number of anilines is 2. The molecule has 4 heterocycles. The van der Waals surface area contributed by atoms with Crippen LogP contribution in [-0.4, -0.2) is 74.8 Å². The molecule has 0 amide bonds. The summed E-state index contributed by atoms with van der Waals surface area (Å²) in [6.45, 7) is 5.67. The molecule has 1 saturated carbocycles. The monoisotopic (exact) mass is 534 g/mol. The molecule has 11 heteroatoms. The van der Waals surface area contributed by atoms with E-state index in [-0.39, 0.29) is 11.6 Å². The average molecular weight is 535 g/mol. The van der Waals surface area contributed by atoms with Gasteiger partial charge in [0.15, 0.2) is 11.6 Å². The van der Waals surface area contributed by atoms with E-state index >= 15 is 4.39 Å². The fourth-order valence-corrected chi connectivity index (χ4v) is 5.04. The van der Waals surface area contributed by atoms with E-state index in [9.17, 15) is 4.39 Å². The van der Waals surface area contributed by atoms with Crippen LogP contribution >= 0.6 is 0 Å². The molecule has 1 fully saturated rings. The zero-order valence-corrected chi connectivity index (χ0v) is 22.4. The van der Waals surface area contributed by atoms with Crippen molar-refractivity contribution in [1.29, 1.82) is 0 Å². The summed E-state index contributed by atoms with van der Waals surface area (Å²) in [5.74, 6) is 0.405. The van der Waals surface area contributed by atoms with Gasteiger partial charge in [-0.3, -0.25) is 4.90 Å². The second-order valence-electron chi connectivity index (χ2n) is 10.5. The third kappa shape index (κ3) is 5.47. The number of hydrogen-bond acceptors (Lipinski definition) is 8. The second-order valence-corrected chi connectivity index (χ2v) is 10.5. The number of imidazole rings is 1. The minimum atomic E-state index is -0.625. The summed E-state index contributed by atoms with van der Waals surface area (Å²) < 4.78 is 37.7. The molecule has 0 spiro atoms. The molecule has 0 unspecified atom stereocenters. The van der Waals surface area contributed by atoms with E-state index in [1.54, 1.807) is 6.07 Å². The van der Waals surface area contributed by atoms with E-state index in [1.165, 1.54) is 6.07 Å². The van der Waals surface area contributed by atoms with Gasteiger partial charge in [-0.05, 0) is 57.6 Å². The van der Waals surface area contributed by atoms with Crippen LogP contribution in [0, 0.1) is 18.6 Å². The van der Waals surface area contributed by atoms with Crippen LogP contribution in [0.5, 0.6) is 0 Å². The van der Waals surface area contributed by atoms with Gasteiger partial charge >= 0.3 is 0 Å². The first kappa shape index (κ1) is 25.7. The lowest BCUT2D eigenvalue weighted by molar-refractivity contribution is 0.0154. The Kier molecular flexibility index (Phi) is 6.96. The van der Waals surface area contributed by atoms with Crippen molar-refractivity contribution in [2.75, 3.05) is 45.8 Å². The van der Waals surface area contributed by atoms with Gasteiger partial charge in [0.2, 0.25) is 5.95 Å². The average Bonchev–Trinajstić information content (AvgIpc) is 3.69. The first-order valence-electron chi connectivity index (χ1n) is 13.3. The number of ether oxygens (including phenoxy) is 1. The van der Waals surface area contributed by atoms with Crippen LogP contribution in [0.2, 0.25) is 0 Å². The van der Waals surface area contributed by atoms with Gasteiger partial charge in [0.1, 0.15) is 22.9 Å². The van der Waals surface area contributed by atoms with Gasteiger partial charge in [0.05, 0.1) is 25.1 Å². The van der Waals surface area contributed by atoms with Crippen molar-refractivity contribution in [2.24, 2.45) is 0 Å². The maximum Gasteiger partial charge on any atom is 0.229 e. The number of pyridine rings is 1. The summed E-state index contributed by atoms with van der Waals surface area (Å²) in [5, 5.41) is 3.10. The molecule has 1 aliphatic heterocycles. The Hall–Kier alpha value is -3.54. The normalized spacial score (nSPS) is 15.7. The summed E-state index contributed by atoms with van der Waals surface area (Å²) in [7, 11) is 4.06. The molecule has 9 nitrogen and oxygen atoms in total. The Morgan fingerprint density at radius 3 is 2.74 bits per heavy atom. The highest BCUT2D eigenvalue weighted by molar-refractivity contribution is 5.83. The molecule has 2 aliphatic rings. The Morgan fingerprint density at radius 1 is 1.10 bits per heavy atom. The predicted molar refractivity (Wildman–Crippen MR) is 145 cm³/mol.